The van der Waals surface area contributed by atoms with E-state index in [4.69, 9.17) is 11.6 Å². The van der Waals surface area contributed by atoms with E-state index in [-0.39, 0.29) is 17.9 Å². The second-order valence-corrected chi connectivity index (χ2v) is 6.44. The predicted octanol–water partition coefficient (Wildman–Crippen LogP) is 3.74. The molecule has 2 aromatic carbocycles. The van der Waals surface area contributed by atoms with Gasteiger partial charge in [-0.15, -0.1) is 0 Å². The third-order valence-electron chi connectivity index (χ3n) is 4.22. The van der Waals surface area contributed by atoms with Gasteiger partial charge in [-0.1, -0.05) is 48.0 Å². The fourth-order valence-electron chi connectivity index (χ4n) is 2.79. The average molecular weight is 355 g/mol. The van der Waals surface area contributed by atoms with E-state index >= 15 is 0 Å². The summed E-state index contributed by atoms with van der Waals surface area (Å²) in [4.78, 5) is 27.2. The summed E-state index contributed by atoms with van der Waals surface area (Å²) in [5.41, 5.74) is 3.22. The van der Waals surface area contributed by atoms with E-state index in [0.717, 1.165) is 22.0 Å². The molecule has 0 aliphatic heterocycles. The van der Waals surface area contributed by atoms with Gasteiger partial charge in [0.2, 0.25) is 5.91 Å². The molecule has 1 heterocycles. The van der Waals surface area contributed by atoms with Gasteiger partial charge in [0, 0.05) is 23.6 Å². The molecule has 0 spiro atoms. The first-order valence-corrected chi connectivity index (χ1v) is 8.54. The molecule has 1 amide bonds. The molecule has 5 heteroatoms. The van der Waals surface area contributed by atoms with Crippen LogP contribution in [0.4, 0.5) is 0 Å². The molecule has 0 saturated carbocycles. The zero-order valence-electron chi connectivity index (χ0n) is 13.9. The quantitative estimate of drug-likeness (QED) is 0.733. The van der Waals surface area contributed by atoms with E-state index in [1.807, 2.05) is 49.4 Å². The summed E-state index contributed by atoms with van der Waals surface area (Å²) < 4.78 is 0. The molecular weight excluding hydrogens is 336 g/mol. The summed E-state index contributed by atoms with van der Waals surface area (Å²) in [7, 11) is 0. The number of aromatic nitrogens is 1. The van der Waals surface area contributed by atoms with Crippen molar-refractivity contribution in [2.75, 3.05) is 0 Å². The SMILES string of the molecule is Cc1cccc2cc(CCC(=O)NCc3ccccc3Cl)c(=O)[nH]c12. The monoisotopic (exact) mass is 354 g/mol. The van der Waals surface area contributed by atoms with Crippen LogP contribution in [0.1, 0.15) is 23.1 Å². The Hall–Kier alpha value is -2.59. The maximum absolute atomic E-state index is 12.2. The molecule has 2 N–H and O–H groups in total. The molecule has 0 fully saturated rings. The summed E-state index contributed by atoms with van der Waals surface area (Å²) in [6.07, 6.45) is 0.651. The number of carbonyl (C=O) groups excluding carboxylic acids is 1. The molecule has 0 saturated heterocycles. The number of halogens is 1. The number of fused-ring (bicyclic) bond motifs is 1. The molecule has 3 aromatic rings. The van der Waals surface area contributed by atoms with Crippen LogP contribution in [0.3, 0.4) is 0 Å². The molecule has 0 aliphatic rings. The molecule has 0 bridgehead atoms. The van der Waals surface area contributed by atoms with Gasteiger partial charge in [-0.3, -0.25) is 9.59 Å². The van der Waals surface area contributed by atoms with Gasteiger partial charge in [0.25, 0.3) is 5.56 Å². The molecule has 0 unspecified atom stereocenters. The fourth-order valence-corrected chi connectivity index (χ4v) is 2.99. The van der Waals surface area contributed by atoms with Gasteiger partial charge in [0.15, 0.2) is 0 Å². The number of hydrogen-bond acceptors (Lipinski definition) is 2. The van der Waals surface area contributed by atoms with Crippen molar-refractivity contribution in [3.05, 3.63) is 80.6 Å². The van der Waals surface area contributed by atoms with Crippen LogP contribution in [0.25, 0.3) is 10.9 Å². The van der Waals surface area contributed by atoms with Crippen molar-refractivity contribution in [1.82, 2.24) is 10.3 Å². The lowest BCUT2D eigenvalue weighted by atomic mass is 10.1. The molecule has 0 aliphatic carbocycles. The highest BCUT2D eigenvalue weighted by Gasteiger charge is 2.08. The van der Waals surface area contributed by atoms with Crippen molar-refractivity contribution >= 4 is 28.4 Å². The van der Waals surface area contributed by atoms with Crippen LogP contribution in [-0.4, -0.2) is 10.9 Å². The summed E-state index contributed by atoms with van der Waals surface area (Å²) >= 11 is 6.07. The molecule has 4 nitrogen and oxygen atoms in total. The highest BCUT2D eigenvalue weighted by atomic mass is 35.5. The summed E-state index contributed by atoms with van der Waals surface area (Å²) in [6, 6.07) is 15.1. The van der Waals surface area contributed by atoms with Crippen molar-refractivity contribution in [2.45, 2.75) is 26.3 Å². The highest BCUT2D eigenvalue weighted by molar-refractivity contribution is 6.31. The fraction of sp³-hybridized carbons (Fsp3) is 0.200. The molecular formula is C20H19ClN2O2. The van der Waals surface area contributed by atoms with Crippen molar-refractivity contribution in [3.8, 4) is 0 Å². The van der Waals surface area contributed by atoms with Crippen LogP contribution < -0.4 is 10.9 Å². The number of H-pyrrole nitrogens is 1. The third kappa shape index (κ3) is 4.09. The number of aryl methyl sites for hydroxylation is 2. The summed E-state index contributed by atoms with van der Waals surface area (Å²) in [5.74, 6) is -0.108. The zero-order valence-corrected chi connectivity index (χ0v) is 14.7. The topological polar surface area (TPSA) is 62.0 Å². The summed E-state index contributed by atoms with van der Waals surface area (Å²) in [6.45, 7) is 2.34. The third-order valence-corrected chi connectivity index (χ3v) is 4.59. The Morgan fingerprint density at radius 1 is 1.12 bits per heavy atom. The van der Waals surface area contributed by atoms with Crippen molar-refractivity contribution in [2.24, 2.45) is 0 Å². The maximum atomic E-state index is 12.2. The van der Waals surface area contributed by atoms with Gasteiger partial charge in [0.05, 0.1) is 5.52 Å². The number of benzene rings is 2. The van der Waals surface area contributed by atoms with Gasteiger partial charge < -0.3 is 10.3 Å². The van der Waals surface area contributed by atoms with Crippen molar-refractivity contribution in [1.29, 1.82) is 0 Å². The Bertz CT molecular complexity index is 979. The standard InChI is InChI=1S/C20H19ClN2O2/c1-13-5-4-7-14-11-15(20(25)23-19(13)14)9-10-18(24)22-12-16-6-2-3-8-17(16)21/h2-8,11H,9-10,12H2,1H3,(H,22,24)(H,23,25). The number of aromatic amines is 1. The van der Waals surface area contributed by atoms with Crippen LogP contribution >= 0.6 is 11.6 Å². The largest absolute Gasteiger partial charge is 0.352 e. The Morgan fingerprint density at radius 3 is 2.72 bits per heavy atom. The molecule has 128 valence electrons. The lowest BCUT2D eigenvalue weighted by Gasteiger charge is -2.08. The van der Waals surface area contributed by atoms with Gasteiger partial charge in [-0.25, -0.2) is 0 Å². The molecule has 0 radical (unpaired) electrons. The minimum atomic E-state index is -0.138. The van der Waals surface area contributed by atoms with Gasteiger partial charge in [0.1, 0.15) is 0 Å². The Morgan fingerprint density at radius 2 is 1.92 bits per heavy atom. The second kappa shape index (κ2) is 7.53. The lowest BCUT2D eigenvalue weighted by Crippen LogP contribution is -2.24. The number of carbonyl (C=O) groups is 1. The first-order chi connectivity index (χ1) is 12.0. The zero-order chi connectivity index (χ0) is 17.8. The van der Waals surface area contributed by atoms with Crippen molar-refractivity contribution in [3.63, 3.8) is 0 Å². The second-order valence-electron chi connectivity index (χ2n) is 6.03. The van der Waals surface area contributed by atoms with Crippen molar-refractivity contribution < 1.29 is 4.79 Å². The van der Waals surface area contributed by atoms with Crippen LogP contribution in [0, 0.1) is 6.92 Å². The number of amides is 1. The Kier molecular flexibility index (Phi) is 5.19. The van der Waals surface area contributed by atoms with Crippen LogP contribution in [0.15, 0.2) is 53.3 Å². The van der Waals surface area contributed by atoms with E-state index in [1.54, 1.807) is 6.07 Å². The predicted molar refractivity (Wildman–Crippen MR) is 101 cm³/mol. The number of rotatable bonds is 5. The van der Waals surface area contributed by atoms with E-state index in [9.17, 15) is 9.59 Å². The minimum Gasteiger partial charge on any atom is -0.352 e. The number of pyridine rings is 1. The summed E-state index contributed by atoms with van der Waals surface area (Å²) in [5, 5.41) is 4.45. The smallest absolute Gasteiger partial charge is 0.251 e. The first-order valence-electron chi connectivity index (χ1n) is 8.16. The van der Waals surface area contributed by atoms with Gasteiger partial charge >= 0.3 is 0 Å². The van der Waals surface area contributed by atoms with Crippen LogP contribution in [0.2, 0.25) is 5.02 Å². The van der Waals surface area contributed by atoms with E-state index < -0.39 is 0 Å². The molecule has 25 heavy (non-hydrogen) atoms. The maximum Gasteiger partial charge on any atom is 0.251 e. The van der Waals surface area contributed by atoms with E-state index in [0.29, 0.717) is 23.6 Å². The van der Waals surface area contributed by atoms with Crippen LogP contribution in [-0.2, 0) is 17.8 Å². The van der Waals surface area contributed by atoms with E-state index in [2.05, 4.69) is 10.3 Å². The molecule has 0 atom stereocenters. The van der Waals surface area contributed by atoms with Gasteiger partial charge in [-0.05, 0) is 42.0 Å². The molecule has 3 rings (SSSR count). The van der Waals surface area contributed by atoms with Crippen LogP contribution in [0.5, 0.6) is 0 Å². The first kappa shape index (κ1) is 17.2. The Balaban J connectivity index is 1.64. The molecule has 1 aromatic heterocycles. The highest BCUT2D eigenvalue weighted by Crippen LogP contribution is 2.16. The normalized spacial score (nSPS) is 10.8. The number of para-hydroxylation sites is 1. The number of hydrogen-bond donors (Lipinski definition) is 2. The minimum absolute atomic E-state index is 0.108. The van der Waals surface area contributed by atoms with E-state index in [1.165, 1.54) is 0 Å². The average Bonchev–Trinajstić information content (AvgIpc) is 2.60. The number of nitrogens with one attached hydrogen (secondary N) is 2. The lowest BCUT2D eigenvalue weighted by molar-refractivity contribution is -0.121. The Labute approximate surface area is 150 Å². The van der Waals surface area contributed by atoms with Gasteiger partial charge in [-0.2, -0.15) is 0 Å².